The molecule has 0 saturated heterocycles. The predicted molar refractivity (Wildman–Crippen MR) is 50.1 cm³/mol. The lowest BCUT2D eigenvalue weighted by molar-refractivity contribution is -0.139. The van der Waals surface area contributed by atoms with Crippen LogP contribution in [0.4, 0.5) is 0 Å². The van der Waals surface area contributed by atoms with E-state index in [1.54, 1.807) is 0 Å². The van der Waals surface area contributed by atoms with Gasteiger partial charge in [-0.2, -0.15) is 8.42 Å². The largest absolute Gasteiger partial charge is 0.453 e. The monoisotopic (exact) mass is 220 g/mol. The van der Waals surface area contributed by atoms with Crippen LogP contribution in [0.1, 0.15) is 19.8 Å². The maximum atomic E-state index is 10.3. The zero-order valence-electron chi connectivity index (χ0n) is 7.82. The molecule has 0 aliphatic heterocycles. The van der Waals surface area contributed by atoms with E-state index >= 15 is 0 Å². The van der Waals surface area contributed by atoms with Crippen molar-refractivity contribution in [3.05, 3.63) is 0 Å². The summed E-state index contributed by atoms with van der Waals surface area (Å²) >= 11 is 0. The minimum Gasteiger partial charge on any atom is -0.453 e. The van der Waals surface area contributed by atoms with Crippen molar-refractivity contribution in [1.29, 1.82) is 0 Å². The van der Waals surface area contributed by atoms with Crippen molar-refractivity contribution in [2.75, 3.05) is 12.4 Å². The third-order valence-corrected chi connectivity index (χ3v) is 1.98. The van der Waals surface area contributed by atoms with Crippen LogP contribution in [-0.4, -0.2) is 31.3 Å². The maximum absolute atomic E-state index is 10.3. The molecule has 0 aromatic heterocycles. The summed E-state index contributed by atoms with van der Waals surface area (Å²) in [5.74, 6) is 4.44. The van der Waals surface area contributed by atoms with E-state index in [0.717, 1.165) is 0 Å². The van der Waals surface area contributed by atoms with E-state index < -0.39 is 16.1 Å². The lowest BCUT2D eigenvalue weighted by Gasteiger charge is -1.92. The second kappa shape index (κ2) is 6.40. The topological polar surface area (TPSA) is 80.7 Å². The van der Waals surface area contributed by atoms with Gasteiger partial charge in [-0.05, 0) is 6.42 Å². The van der Waals surface area contributed by atoms with E-state index in [0.29, 0.717) is 6.42 Å². The van der Waals surface area contributed by atoms with Crippen molar-refractivity contribution >= 4 is 16.1 Å². The Kier molecular flexibility index (Phi) is 5.92. The quantitative estimate of drug-likeness (QED) is 0.317. The van der Waals surface area contributed by atoms with E-state index in [1.807, 2.05) is 0 Å². The first kappa shape index (κ1) is 12.9. The molecular weight excluding hydrogens is 208 g/mol. The molecule has 0 atom stereocenters. The van der Waals surface area contributed by atoms with Gasteiger partial charge in [-0.1, -0.05) is 11.8 Å². The average molecular weight is 220 g/mol. The highest BCUT2D eigenvalue weighted by atomic mass is 32.2. The number of hydrogen-bond donors (Lipinski definition) is 1. The summed E-state index contributed by atoms with van der Waals surface area (Å²) in [6.07, 6.45) is 0.618. The second-order valence-electron chi connectivity index (χ2n) is 2.52. The van der Waals surface area contributed by atoms with Gasteiger partial charge in [-0.15, -0.1) is 0 Å². The normalized spacial score (nSPS) is 10.1. The fourth-order valence-electron chi connectivity index (χ4n) is 0.620. The Morgan fingerprint density at radius 3 is 2.57 bits per heavy atom. The molecule has 1 N–H and O–H groups in total. The molecule has 0 spiro atoms. The highest BCUT2D eigenvalue weighted by Crippen LogP contribution is 1.91. The molecule has 0 fully saturated rings. The first-order chi connectivity index (χ1) is 6.42. The summed E-state index contributed by atoms with van der Waals surface area (Å²) in [7, 11) is -3.88. The van der Waals surface area contributed by atoms with Gasteiger partial charge in [-0.25, -0.2) is 0 Å². The number of carbonyl (C=O) groups excluding carboxylic acids is 1. The maximum Gasteiger partial charge on any atom is 0.303 e. The number of carbonyl (C=O) groups is 1. The third kappa shape index (κ3) is 10.9. The zero-order valence-corrected chi connectivity index (χ0v) is 8.63. The van der Waals surface area contributed by atoms with Crippen molar-refractivity contribution in [3.8, 4) is 11.8 Å². The Hall–Kier alpha value is -1.06. The number of esters is 1. The molecule has 0 aromatic carbocycles. The predicted octanol–water partition coefficient (Wildman–Crippen LogP) is 0.221. The van der Waals surface area contributed by atoms with Gasteiger partial charge in [0.05, 0.1) is 5.75 Å². The van der Waals surface area contributed by atoms with Crippen LogP contribution in [0.5, 0.6) is 0 Å². The molecule has 6 heteroatoms. The molecule has 0 aliphatic carbocycles. The van der Waals surface area contributed by atoms with Crippen molar-refractivity contribution in [2.45, 2.75) is 19.8 Å². The van der Waals surface area contributed by atoms with E-state index in [1.165, 1.54) is 6.92 Å². The molecule has 0 amide bonds. The van der Waals surface area contributed by atoms with Gasteiger partial charge in [0, 0.05) is 13.3 Å². The summed E-state index contributed by atoms with van der Waals surface area (Å²) in [5.41, 5.74) is 0. The average Bonchev–Trinajstić information content (AvgIpc) is 2.00. The van der Waals surface area contributed by atoms with Crippen molar-refractivity contribution in [2.24, 2.45) is 0 Å². The Morgan fingerprint density at radius 2 is 2.07 bits per heavy atom. The molecular formula is C8H12O5S. The van der Waals surface area contributed by atoms with E-state index in [4.69, 9.17) is 4.55 Å². The minimum atomic E-state index is -3.88. The van der Waals surface area contributed by atoms with E-state index in [9.17, 15) is 13.2 Å². The number of hydrogen-bond acceptors (Lipinski definition) is 4. The van der Waals surface area contributed by atoms with Crippen LogP contribution >= 0.6 is 0 Å². The lowest BCUT2D eigenvalue weighted by atomic mass is 10.3. The minimum absolute atomic E-state index is 0.0151. The Morgan fingerprint density at radius 1 is 1.43 bits per heavy atom. The Labute approximate surface area is 83.2 Å². The van der Waals surface area contributed by atoms with Gasteiger partial charge in [0.2, 0.25) is 0 Å². The molecule has 0 aromatic rings. The molecule has 0 radical (unpaired) electrons. The summed E-state index contributed by atoms with van der Waals surface area (Å²) in [4.78, 5) is 10.3. The van der Waals surface area contributed by atoms with Crippen LogP contribution in [0.2, 0.25) is 0 Å². The highest BCUT2D eigenvalue weighted by Gasteiger charge is 2.01. The van der Waals surface area contributed by atoms with Gasteiger partial charge in [-0.3, -0.25) is 9.35 Å². The second-order valence-corrected chi connectivity index (χ2v) is 4.10. The first-order valence-electron chi connectivity index (χ1n) is 3.96. The number of rotatable bonds is 4. The SMILES string of the molecule is CC(=O)OCC#CCCCS(=O)(=O)O. The zero-order chi connectivity index (χ0) is 11.0. The molecule has 5 nitrogen and oxygen atoms in total. The van der Waals surface area contributed by atoms with Crippen LogP contribution in [0.3, 0.4) is 0 Å². The molecule has 0 rings (SSSR count). The Bertz CT molecular complexity index is 332. The molecule has 0 heterocycles. The van der Waals surface area contributed by atoms with Crippen LogP contribution in [0.25, 0.3) is 0 Å². The van der Waals surface area contributed by atoms with Crippen LogP contribution in [-0.2, 0) is 19.6 Å². The van der Waals surface area contributed by atoms with E-state index in [2.05, 4.69) is 16.6 Å². The van der Waals surface area contributed by atoms with E-state index in [-0.39, 0.29) is 18.8 Å². The molecule has 0 saturated carbocycles. The smallest absolute Gasteiger partial charge is 0.303 e. The molecule has 0 bridgehead atoms. The summed E-state index contributed by atoms with van der Waals surface area (Å²) in [6.45, 7) is 1.29. The lowest BCUT2D eigenvalue weighted by Crippen LogP contribution is -2.02. The van der Waals surface area contributed by atoms with Gasteiger partial charge in [0.25, 0.3) is 10.1 Å². The first-order valence-corrected chi connectivity index (χ1v) is 5.57. The number of ether oxygens (including phenoxy) is 1. The summed E-state index contributed by atoms with van der Waals surface area (Å²) in [6, 6.07) is 0. The molecule has 0 unspecified atom stereocenters. The Balaban J connectivity index is 3.49. The van der Waals surface area contributed by atoms with Gasteiger partial charge in [0.15, 0.2) is 6.61 Å². The van der Waals surface area contributed by atoms with Crippen LogP contribution < -0.4 is 0 Å². The fraction of sp³-hybridized carbons (Fsp3) is 0.625. The summed E-state index contributed by atoms with van der Waals surface area (Å²) in [5, 5.41) is 0. The summed E-state index contributed by atoms with van der Waals surface area (Å²) < 4.78 is 33.4. The van der Waals surface area contributed by atoms with Gasteiger partial charge in [0.1, 0.15) is 0 Å². The fourth-order valence-corrected chi connectivity index (χ4v) is 1.13. The standard InChI is InChI=1S/C8H12O5S/c1-8(9)13-6-4-2-3-5-7-14(10,11)12/h3,5-7H2,1H3,(H,10,11,12). The highest BCUT2D eigenvalue weighted by molar-refractivity contribution is 7.85. The van der Waals surface area contributed by atoms with Crippen molar-refractivity contribution < 1.29 is 22.5 Å². The van der Waals surface area contributed by atoms with Gasteiger partial charge < -0.3 is 4.74 Å². The van der Waals surface area contributed by atoms with Crippen LogP contribution in [0.15, 0.2) is 0 Å². The van der Waals surface area contributed by atoms with Crippen molar-refractivity contribution in [3.63, 3.8) is 0 Å². The van der Waals surface area contributed by atoms with Crippen LogP contribution in [0, 0.1) is 11.8 Å². The third-order valence-electron chi connectivity index (χ3n) is 1.18. The molecule has 80 valence electrons. The van der Waals surface area contributed by atoms with Crippen molar-refractivity contribution in [1.82, 2.24) is 0 Å². The van der Waals surface area contributed by atoms with Gasteiger partial charge >= 0.3 is 5.97 Å². The molecule has 14 heavy (non-hydrogen) atoms. The molecule has 0 aliphatic rings. The number of unbranched alkanes of at least 4 members (excludes halogenated alkanes) is 1.